The Balaban J connectivity index is 0.000000810. The second kappa shape index (κ2) is 31.8. The highest BCUT2D eigenvalue weighted by atomic mass is 32.2. The van der Waals surface area contributed by atoms with Gasteiger partial charge in [0.05, 0.1) is 5.75 Å². The van der Waals surface area contributed by atoms with E-state index >= 15 is 0 Å². The first-order valence-electron chi connectivity index (χ1n) is 27.6. The standard InChI is InChI=1S/C30H51N5O5.C29H48N4O7S/c1-20(2)24(33-27(38)30(7,8)9)26(37)31-21(3)25(36)32-23-14-12-22(13-15-23)18-40-28(39)35(17-16-34(10)11)19-29(4,5)6;1-19(2)23(32-26(36)29(7,8)9)25(35)30-20(3)24(34)31-22-13-11-21(12-14-22)17-40-27(37)33(18-28(4,5)6)15-16-41(10,38)39/h12-15,20-21,24H,16-19H2,1-11H3,(H,31,37)(H,32,36)(H,33,38);11-14,19-20,23H,15-18H2,1-10H3,(H,30,35)(H,31,34)(H,32,36)/t21-,24-;20-,23-/m00/s1. The van der Waals surface area contributed by atoms with Crippen molar-refractivity contribution in [3.05, 3.63) is 59.7 Å². The van der Waals surface area contributed by atoms with Gasteiger partial charge >= 0.3 is 12.2 Å². The van der Waals surface area contributed by atoms with Crippen molar-refractivity contribution in [1.29, 1.82) is 0 Å². The summed E-state index contributed by atoms with van der Waals surface area (Å²) in [4.78, 5) is 106. The number of benzene rings is 2. The first-order valence-corrected chi connectivity index (χ1v) is 29.6. The Labute approximate surface area is 483 Å². The third-order valence-corrected chi connectivity index (χ3v) is 12.8. The number of carbonyl (C=O) groups is 8. The maximum Gasteiger partial charge on any atom is 0.410 e. The van der Waals surface area contributed by atoms with Crippen molar-refractivity contribution in [2.75, 3.05) is 69.5 Å². The van der Waals surface area contributed by atoms with E-state index in [9.17, 15) is 46.8 Å². The molecule has 8 amide bonds. The predicted octanol–water partition coefficient (Wildman–Crippen LogP) is 7.21. The second-order valence-electron chi connectivity index (χ2n) is 26.2. The topological polar surface area (TPSA) is 271 Å². The second-order valence-corrected chi connectivity index (χ2v) is 28.5. The first kappa shape index (κ1) is 72.7. The number of amides is 8. The summed E-state index contributed by atoms with van der Waals surface area (Å²) in [7, 11) is 0.682. The fourth-order valence-corrected chi connectivity index (χ4v) is 7.63. The molecule has 81 heavy (non-hydrogen) atoms. The van der Waals surface area contributed by atoms with E-state index in [2.05, 4.69) is 52.7 Å². The SMILES string of the molecule is CC(C)[C@H](NC(=O)C(C)(C)C)C(=O)N[C@@H](C)C(=O)Nc1ccc(COC(=O)N(CCN(C)C)CC(C)(C)C)cc1.CC(C)[C@H](NC(=O)C(C)(C)C)C(=O)N[C@@H](C)C(=O)Nc1ccc(COC(=O)N(CCS(C)(=O)=O)CC(C)(C)C)cc1. The Morgan fingerprint density at radius 2 is 0.802 bits per heavy atom. The van der Waals surface area contributed by atoms with Crippen LogP contribution in [0.1, 0.15) is 136 Å². The van der Waals surface area contributed by atoms with Gasteiger partial charge < -0.3 is 56.1 Å². The van der Waals surface area contributed by atoms with Crippen LogP contribution in [0.4, 0.5) is 21.0 Å². The summed E-state index contributed by atoms with van der Waals surface area (Å²) in [6, 6.07) is 10.4. The van der Waals surface area contributed by atoms with Gasteiger partial charge in [-0.05, 0) is 86.0 Å². The summed E-state index contributed by atoms with van der Waals surface area (Å²) in [6.07, 6.45) is 0.152. The molecule has 0 heterocycles. The van der Waals surface area contributed by atoms with Crippen molar-refractivity contribution < 1.29 is 56.2 Å². The highest BCUT2D eigenvalue weighted by Crippen LogP contribution is 2.21. The number of carbonyl (C=O) groups excluding carboxylic acids is 8. The fraction of sp³-hybridized carbons (Fsp3) is 0.661. The van der Waals surface area contributed by atoms with Gasteiger partial charge in [-0.1, -0.05) is 135 Å². The molecule has 2 rings (SSSR count). The van der Waals surface area contributed by atoms with E-state index < -0.39 is 74.6 Å². The number of rotatable bonds is 24. The minimum Gasteiger partial charge on any atom is -0.445 e. The Kier molecular flexibility index (Phi) is 28.5. The van der Waals surface area contributed by atoms with Crippen LogP contribution in [-0.2, 0) is 61.3 Å². The van der Waals surface area contributed by atoms with Crippen molar-refractivity contribution in [1.82, 2.24) is 36.0 Å². The lowest BCUT2D eigenvalue weighted by Gasteiger charge is -2.30. The zero-order valence-electron chi connectivity index (χ0n) is 52.4. The quantitative estimate of drug-likeness (QED) is 0.0607. The van der Waals surface area contributed by atoms with Gasteiger partial charge in [0, 0.05) is 61.2 Å². The van der Waals surface area contributed by atoms with Gasteiger partial charge in [-0.15, -0.1) is 0 Å². The van der Waals surface area contributed by atoms with Crippen LogP contribution in [0.3, 0.4) is 0 Å². The van der Waals surface area contributed by atoms with Gasteiger partial charge in [-0.2, -0.15) is 0 Å². The predicted molar refractivity (Wildman–Crippen MR) is 318 cm³/mol. The number of sulfone groups is 1. The van der Waals surface area contributed by atoms with Crippen molar-refractivity contribution in [2.45, 2.75) is 162 Å². The summed E-state index contributed by atoms with van der Waals surface area (Å²) in [5.41, 5.74) is 0.874. The monoisotopic (exact) mass is 1160 g/mol. The van der Waals surface area contributed by atoms with E-state index in [1.54, 1.807) is 109 Å². The Morgan fingerprint density at radius 3 is 1.07 bits per heavy atom. The molecule has 22 heteroatoms. The third kappa shape index (κ3) is 29.8. The Hall–Kier alpha value is -6.29. The molecule has 0 aliphatic rings. The summed E-state index contributed by atoms with van der Waals surface area (Å²) in [5, 5.41) is 16.4. The molecule has 0 unspecified atom stereocenters. The average Bonchev–Trinajstić information content (AvgIpc) is 3.32. The molecule has 4 atom stereocenters. The largest absolute Gasteiger partial charge is 0.445 e. The van der Waals surface area contributed by atoms with Gasteiger partial charge in [0.1, 0.15) is 47.2 Å². The van der Waals surface area contributed by atoms with Crippen LogP contribution in [-0.4, -0.2) is 154 Å². The van der Waals surface area contributed by atoms with E-state index in [-0.39, 0.29) is 66.1 Å². The normalized spacial score (nSPS) is 13.5. The molecular weight excluding hydrogens is 1060 g/mol. The Morgan fingerprint density at radius 1 is 0.481 bits per heavy atom. The summed E-state index contributed by atoms with van der Waals surface area (Å²) < 4.78 is 34.2. The van der Waals surface area contributed by atoms with E-state index in [0.717, 1.165) is 18.4 Å². The van der Waals surface area contributed by atoms with Crippen molar-refractivity contribution in [2.24, 2.45) is 33.5 Å². The van der Waals surface area contributed by atoms with Crippen molar-refractivity contribution >= 4 is 68.8 Å². The lowest BCUT2D eigenvalue weighted by atomic mass is 9.93. The van der Waals surface area contributed by atoms with Crippen molar-refractivity contribution in [3.63, 3.8) is 0 Å². The summed E-state index contributed by atoms with van der Waals surface area (Å²) >= 11 is 0. The smallest absolute Gasteiger partial charge is 0.410 e. The summed E-state index contributed by atoms with van der Waals surface area (Å²) in [6.45, 7) is 35.5. The number of likely N-dealkylation sites (N-methyl/N-ethyl adjacent to an activating group) is 1. The van der Waals surface area contributed by atoms with E-state index in [0.29, 0.717) is 36.6 Å². The molecule has 0 aliphatic carbocycles. The lowest BCUT2D eigenvalue weighted by molar-refractivity contribution is -0.135. The molecule has 2 aromatic rings. The number of hydrogen-bond donors (Lipinski definition) is 6. The average molecular weight is 1160 g/mol. The van der Waals surface area contributed by atoms with Crippen LogP contribution >= 0.6 is 0 Å². The molecule has 0 fully saturated rings. The van der Waals surface area contributed by atoms with Crippen LogP contribution < -0.4 is 31.9 Å². The maximum atomic E-state index is 12.8. The molecule has 0 aliphatic heterocycles. The van der Waals surface area contributed by atoms with E-state index in [1.807, 2.05) is 67.5 Å². The van der Waals surface area contributed by atoms with Crippen LogP contribution in [0.5, 0.6) is 0 Å². The minimum absolute atomic E-state index is 0.0318. The molecule has 21 nitrogen and oxygen atoms in total. The van der Waals surface area contributed by atoms with Crippen LogP contribution in [0.15, 0.2) is 48.5 Å². The fourth-order valence-electron chi connectivity index (χ4n) is 7.08. The number of hydrogen-bond acceptors (Lipinski definition) is 13. The van der Waals surface area contributed by atoms with E-state index in [4.69, 9.17) is 9.47 Å². The molecule has 0 bridgehead atoms. The molecule has 0 aromatic heterocycles. The van der Waals surface area contributed by atoms with Gasteiger partial charge in [0.25, 0.3) is 0 Å². The van der Waals surface area contributed by atoms with Gasteiger partial charge in [0.15, 0.2) is 0 Å². The summed E-state index contributed by atoms with van der Waals surface area (Å²) in [5.74, 6) is -2.69. The molecule has 6 N–H and O–H groups in total. The van der Waals surface area contributed by atoms with Crippen LogP contribution in [0, 0.1) is 33.5 Å². The molecule has 458 valence electrons. The number of nitrogens with zero attached hydrogens (tertiary/aromatic N) is 3. The van der Waals surface area contributed by atoms with Gasteiger partial charge in [-0.25, -0.2) is 18.0 Å². The zero-order chi connectivity index (χ0) is 62.6. The van der Waals surface area contributed by atoms with Crippen LogP contribution in [0.25, 0.3) is 0 Å². The number of anilines is 2. The van der Waals surface area contributed by atoms with Crippen LogP contribution in [0.2, 0.25) is 0 Å². The van der Waals surface area contributed by atoms with Gasteiger partial charge in [-0.3, -0.25) is 28.8 Å². The highest BCUT2D eigenvalue weighted by Gasteiger charge is 2.33. The Bertz CT molecular complexity index is 2510. The minimum atomic E-state index is -3.25. The third-order valence-electron chi connectivity index (χ3n) is 11.9. The molecule has 0 saturated carbocycles. The van der Waals surface area contributed by atoms with Gasteiger partial charge in [0.2, 0.25) is 35.4 Å². The number of nitrogens with one attached hydrogen (secondary N) is 6. The number of ether oxygens (including phenoxy) is 2. The lowest BCUT2D eigenvalue weighted by Crippen LogP contribution is -2.55. The van der Waals surface area contributed by atoms with E-state index in [1.165, 1.54) is 4.90 Å². The molecule has 2 aromatic carbocycles. The molecule has 0 saturated heterocycles. The zero-order valence-corrected chi connectivity index (χ0v) is 53.2. The van der Waals surface area contributed by atoms with Crippen molar-refractivity contribution in [3.8, 4) is 0 Å². The molecule has 0 spiro atoms. The molecule has 0 radical (unpaired) electrons. The molecular formula is C59H99N9O12S. The highest BCUT2D eigenvalue weighted by molar-refractivity contribution is 7.90. The maximum absolute atomic E-state index is 12.8. The first-order chi connectivity index (χ1) is 36.9.